The predicted molar refractivity (Wildman–Crippen MR) is 65.2 cm³/mol. The highest BCUT2D eigenvalue weighted by Gasteiger charge is 2.04. The van der Waals surface area contributed by atoms with Gasteiger partial charge < -0.3 is 0 Å². The van der Waals surface area contributed by atoms with Crippen molar-refractivity contribution in [3.63, 3.8) is 0 Å². The lowest BCUT2D eigenvalue weighted by Gasteiger charge is -2.08. The molecule has 2 rings (SSSR count). The number of benzene rings is 1. The first kappa shape index (κ1) is 10.2. The van der Waals surface area contributed by atoms with Crippen LogP contribution in [0.2, 0.25) is 0 Å². The maximum absolute atomic E-state index is 4.73. The van der Waals surface area contributed by atoms with Crippen LogP contribution < -0.4 is 0 Å². The summed E-state index contributed by atoms with van der Waals surface area (Å²) in [5.74, 6) is 0. The zero-order chi connectivity index (χ0) is 10.8. The van der Waals surface area contributed by atoms with Crippen molar-refractivity contribution >= 4 is 10.9 Å². The fraction of sp³-hybridized carbons (Fsp3) is 0.357. The molecule has 0 aliphatic heterocycles. The van der Waals surface area contributed by atoms with Gasteiger partial charge in [0.15, 0.2) is 0 Å². The van der Waals surface area contributed by atoms with Crippen molar-refractivity contribution in [3.05, 3.63) is 41.1 Å². The molecule has 0 fully saturated rings. The van der Waals surface area contributed by atoms with Crippen molar-refractivity contribution in [1.82, 2.24) is 4.98 Å². The van der Waals surface area contributed by atoms with E-state index in [-0.39, 0.29) is 0 Å². The van der Waals surface area contributed by atoms with Gasteiger partial charge in [-0.1, -0.05) is 32.0 Å². The van der Waals surface area contributed by atoms with Gasteiger partial charge in [-0.15, -0.1) is 0 Å². The van der Waals surface area contributed by atoms with Crippen molar-refractivity contribution in [2.45, 2.75) is 33.6 Å². The molecule has 0 bridgehead atoms. The van der Waals surface area contributed by atoms with E-state index in [4.69, 9.17) is 4.98 Å². The van der Waals surface area contributed by atoms with E-state index in [1.807, 2.05) is 0 Å². The number of rotatable bonds is 2. The van der Waals surface area contributed by atoms with Gasteiger partial charge in [0, 0.05) is 11.1 Å². The van der Waals surface area contributed by atoms with Gasteiger partial charge in [0.05, 0.1) is 5.52 Å². The molecule has 0 N–H and O–H groups in total. The maximum Gasteiger partial charge on any atom is 0.0739 e. The lowest BCUT2D eigenvalue weighted by atomic mass is 10.0. The minimum absolute atomic E-state index is 1.01. The molecule has 0 saturated carbocycles. The van der Waals surface area contributed by atoms with E-state index >= 15 is 0 Å². The molecule has 0 radical (unpaired) electrons. The predicted octanol–water partition coefficient (Wildman–Crippen LogP) is 3.67. The lowest BCUT2D eigenvalue weighted by Crippen LogP contribution is -1.94. The number of para-hydroxylation sites is 1. The number of aromatic nitrogens is 1. The Morgan fingerprint density at radius 1 is 1.13 bits per heavy atom. The smallest absolute Gasteiger partial charge is 0.0739 e. The lowest BCUT2D eigenvalue weighted by molar-refractivity contribution is 1.04. The number of hydrogen-bond donors (Lipinski definition) is 0. The molecule has 1 aromatic heterocycles. The van der Waals surface area contributed by atoms with Crippen LogP contribution in [0.15, 0.2) is 24.3 Å². The van der Waals surface area contributed by atoms with Crippen molar-refractivity contribution < 1.29 is 0 Å². The van der Waals surface area contributed by atoms with E-state index in [1.54, 1.807) is 0 Å². The van der Waals surface area contributed by atoms with Crippen molar-refractivity contribution in [3.8, 4) is 0 Å². The summed E-state index contributed by atoms with van der Waals surface area (Å²) in [7, 11) is 0. The van der Waals surface area contributed by atoms with E-state index in [9.17, 15) is 0 Å². The molecule has 1 heteroatoms. The summed E-state index contributed by atoms with van der Waals surface area (Å²) in [4.78, 5) is 4.73. The van der Waals surface area contributed by atoms with Gasteiger partial charge in [0.25, 0.3) is 0 Å². The second-order valence-electron chi connectivity index (χ2n) is 3.95. The second-order valence-corrected chi connectivity index (χ2v) is 3.95. The highest BCUT2D eigenvalue weighted by molar-refractivity contribution is 5.85. The third-order valence-electron chi connectivity index (χ3n) is 2.93. The van der Waals surface area contributed by atoms with Crippen LogP contribution in [-0.2, 0) is 12.8 Å². The third kappa shape index (κ3) is 1.74. The molecule has 0 unspecified atom stereocenters. The average Bonchev–Trinajstić information content (AvgIpc) is 2.28. The van der Waals surface area contributed by atoms with Gasteiger partial charge in [-0.3, -0.25) is 4.98 Å². The van der Waals surface area contributed by atoms with Gasteiger partial charge >= 0.3 is 0 Å². The third-order valence-corrected chi connectivity index (χ3v) is 2.93. The van der Waals surface area contributed by atoms with Crippen LogP contribution in [-0.4, -0.2) is 4.98 Å². The minimum Gasteiger partial charge on any atom is -0.253 e. The quantitative estimate of drug-likeness (QED) is 0.719. The molecular formula is C14H17N. The van der Waals surface area contributed by atoms with E-state index in [1.165, 1.54) is 27.7 Å². The van der Waals surface area contributed by atoms with Crippen LogP contribution in [0.1, 0.15) is 30.7 Å². The monoisotopic (exact) mass is 199 g/mol. The first-order chi connectivity index (χ1) is 7.26. The molecule has 15 heavy (non-hydrogen) atoms. The molecule has 0 atom stereocenters. The highest BCUT2D eigenvalue weighted by atomic mass is 14.7. The van der Waals surface area contributed by atoms with Crippen LogP contribution in [0, 0.1) is 6.92 Å². The van der Waals surface area contributed by atoms with Gasteiger partial charge in [0.2, 0.25) is 0 Å². The number of pyridine rings is 1. The minimum atomic E-state index is 1.01. The largest absolute Gasteiger partial charge is 0.253 e. The highest BCUT2D eigenvalue weighted by Crippen LogP contribution is 2.21. The summed E-state index contributed by atoms with van der Waals surface area (Å²) in [5.41, 5.74) is 5.08. The molecule has 0 spiro atoms. The first-order valence-electron chi connectivity index (χ1n) is 5.64. The summed E-state index contributed by atoms with van der Waals surface area (Å²) in [6, 6.07) is 8.66. The number of hydrogen-bond acceptors (Lipinski definition) is 1. The van der Waals surface area contributed by atoms with Gasteiger partial charge in [0.1, 0.15) is 0 Å². The Balaban J connectivity index is 2.79. The summed E-state index contributed by atoms with van der Waals surface area (Å²) < 4.78 is 0. The van der Waals surface area contributed by atoms with E-state index in [2.05, 4.69) is 45.0 Å². The fourth-order valence-corrected chi connectivity index (χ4v) is 2.01. The van der Waals surface area contributed by atoms with Crippen molar-refractivity contribution in [2.24, 2.45) is 0 Å². The van der Waals surface area contributed by atoms with E-state index in [0.717, 1.165) is 12.8 Å². The van der Waals surface area contributed by atoms with Crippen LogP contribution in [0.4, 0.5) is 0 Å². The topological polar surface area (TPSA) is 12.9 Å². The Kier molecular flexibility index (Phi) is 2.72. The van der Waals surface area contributed by atoms with E-state index < -0.39 is 0 Å². The molecule has 78 valence electrons. The molecule has 0 aliphatic rings. The molecular weight excluding hydrogens is 182 g/mol. The van der Waals surface area contributed by atoms with Gasteiger partial charge in [-0.05, 0) is 37.0 Å². The average molecular weight is 199 g/mol. The normalized spacial score (nSPS) is 10.9. The molecule has 0 aliphatic carbocycles. The summed E-state index contributed by atoms with van der Waals surface area (Å²) in [5, 5.41) is 1.30. The van der Waals surface area contributed by atoms with Crippen LogP contribution in [0.25, 0.3) is 10.9 Å². The molecule has 2 aromatic rings. The Morgan fingerprint density at radius 2 is 1.93 bits per heavy atom. The standard InChI is InChI=1S/C14H17N/c1-4-11-7-6-8-13-10(3)9-12(5-2)15-14(11)13/h6-9H,4-5H2,1-3H3. The molecule has 1 aromatic carbocycles. The van der Waals surface area contributed by atoms with Crippen molar-refractivity contribution in [2.75, 3.05) is 0 Å². The van der Waals surface area contributed by atoms with Crippen LogP contribution >= 0.6 is 0 Å². The van der Waals surface area contributed by atoms with Gasteiger partial charge in [-0.2, -0.15) is 0 Å². The van der Waals surface area contributed by atoms with Crippen LogP contribution in [0.5, 0.6) is 0 Å². The number of aryl methyl sites for hydroxylation is 3. The zero-order valence-electron chi connectivity index (χ0n) is 9.67. The van der Waals surface area contributed by atoms with Crippen LogP contribution in [0.3, 0.4) is 0 Å². The maximum atomic E-state index is 4.73. The summed E-state index contributed by atoms with van der Waals surface area (Å²) in [6.45, 7) is 6.51. The Bertz CT molecular complexity index is 486. The van der Waals surface area contributed by atoms with Gasteiger partial charge in [-0.25, -0.2) is 0 Å². The second kappa shape index (κ2) is 4.01. The molecule has 0 amide bonds. The molecule has 0 saturated heterocycles. The molecule has 1 nitrogen and oxygen atoms in total. The Hall–Kier alpha value is -1.37. The zero-order valence-corrected chi connectivity index (χ0v) is 9.67. The summed E-state index contributed by atoms with van der Waals surface area (Å²) >= 11 is 0. The van der Waals surface area contributed by atoms with E-state index in [0.29, 0.717) is 0 Å². The Labute approximate surface area is 91.2 Å². The SMILES string of the molecule is CCc1cc(C)c2cccc(CC)c2n1. The Morgan fingerprint density at radius 3 is 2.60 bits per heavy atom. The number of nitrogens with zero attached hydrogens (tertiary/aromatic N) is 1. The first-order valence-corrected chi connectivity index (χ1v) is 5.64. The summed E-state index contributed by atoms with van der Waals surface area (Å²) in [6.07, 6.45) is 2.06. The molecule has 1 heterocycles. The fourth-order valence-electron chi connectivity index (χ4n) is 2.01. The van der Waals surface area contributed by atoms with Crippen molar-refractivity contribution in [1.29, 1.82) is 0 Å². The number of fused-ring (bicyclic) bond motifs is 1.